The standard InChI is InChI=1S/C12H14.3C2H6/c1-3-8-11(4-2)12-9-6-5-7-10-12;3*1-2/h3-4,6,8-10H,1-2,5,7H2;3*1-2H3/b11-8+;;;. The number of rotatable bonds is 3. The first-order valence-corrected chi connectivity index (χ1v) is 7.20. The Labute approximate surface area is 116 Å². The van der Waals surface area contributed by atoms with E-state index in [1.807, 2.05) is 53.7 Å². The Kier molecular flexibility index (Phi) is 25.6. The minimum absolute atomic E-state index is 1.13. The zero-order valence-corrected chi connectivity index (χ0v) is 13.3. The number of hydrogen-bond acceptors (Lipinski definition) is 0. The van der Waals surface area contributed by atoms with Crippen LogP contribution in [0, 0.1) is 0 Å². The lowest BCUT2D eigenvalue weighted by Gasteiger charge is -2.06. The van der Waals surface area contributed by atoms with Crippen molar-refractivity contribution in [2.24, 2.45) is 0 Å². The summed E-state index contributed by atoms with van der Waals surface area (Å²) in [5.74, 6) is 0. The molecule has 0 fully saturated rings. The molecule has 1 aliphatic rings. The molecule has 0 aromatic heterocycles. The van der Waals surface area contributed by atoms with Gasteiger partial charge in [0.15, 0.2) is 0 Å². The molecule has 0 aliphatic heterocycles. The molecule has 0 N–H and O–H groups in total. The van der Waals surface area contributed by atoms with Crippen LogP contribution in [0.5, 0.6) is 0 Å². The van der Waals surface area contributed by atoms with Crippen molar-refractivity contribution in [1.29, 1.82) is 0 Å². The first-order valence-electron chi connectivity index (χ1n) is 7.20. The second-order valence-electron chi connectivity index (χ2n) is 2.70. The molecule has 0 unspecified atom stereocenters. The van der Waals surface area contributed by atoms with Crippen molar-refractivity contribution in [2.75, 3.05) is 0 Å². The van der Waals surface area contributed by atoms with Crippen molar-refractivity contribution in [3.63, 3.8) is 0 Å². The maximum Gasteiger partial charge on any atom is -0.0193 e. The molecule has 0 radical (unpaired) electrons. The van der Waals surface area contributed by atoms with Gasteiger partial charge in [0, 0.05) is 0 Å². The van der Waals surface area contributed by atoms with Crippen molar-refractivity contribution in [3.8, 4) is 0 Å². The molecule has 0 amide bonds. The fourth-order valence-electron chi connectivity index (χ4n) is 1.24. The van der Waals surface area contributed by atoms with Crippen LogP contribution in [0.15, 0.2) is 60.8 Å². The lowest BCUT2D eigenvalue weighted by atomic mass is 9.99. The van der Waals surface area contributed by atoms with Crippen molar-refractivity contribution in [1.82, 2.24) is 0 Å². The molecule has 0 saturated heterocycles. The van der Waals surface area contributed by atoms with Gasteiger partial charge >= 0.3 is 0 Å². The number of hydrogen-bond donors (Lipinski definition) is 0. The van der Waals surface area contributed by atoms with E-state index < -0.39 is 0 Å². The second kappa shape index (κ2) is 21.0. The average Bonchev–Trinajstić information content (AvgIpc) is 2.52. The van der Waals surface area contributed by atoms with E-state index in [1.165, 1.54) is 5.57 Å². The Balaban J connectivity index is -0.000000328. The molecular weight excluding hydrogens is 216 g/mol. The third-order valence-corrected chi connectivity index (χ3v) is 1.85. The average molecular weight is 248 g/mol. The molecular formula is C18H32. The number of allylic oxidation sites excluding steroid dienone is 8. The van der Waals surface area contributed by atoms with Gasteiger partial charge in [-0.15, -0.1) is 0 Å². The van der Waals surface area contributed by atoms with Gasteiger partial charge in [0.25, 0.3) is 0 Å². The summed E-state index contributed by atoms with van der Waals surface area (Å²) < 4.78 is 0. The topological polar surface area (TPSA) is 0 Å². The van der Waals surface area contributed by atoms with Crippen LogP contribution in [-0.4, -0.2) is 0 Å². The Hall–Kier alpha value is -1.30. The molecule has 0 saturated carbocycles. The maximum absolute atomic E-state index is 3.76. The molecule has 0 heterocycles. The van der Waals surface area contributed by atoms with Crippen LogP contribution in [0.25, 0.3) is 0 Å². The van der Waals surface area contributed by atoms with Gasteiger partial charge in [0.2, 0.25) is 0 Å². The summed E-state index contributed by atoms with van der Waals surface area (Å²) in [7, 11) is 0. The highest BCUT2D eigenvalue weighted by molar-refractivity contribution is 5.48. The third-order valence-electron chi connectivity index (χ3n) is 1.85. The van der Waals surface area contributed by atoms with E-state index in [0.29, 0.717) is 0 Å². The molecule has 0 bridgehead atoms. The van der Waals surface area contributed by atoms with E-state index >= 15 is 0 Å². The zero-order valence-electron chi connectivity index (χ0n) is 13.3. The summed E-state index contributed by atoms with van der Waals surface area (Å²) in [4.78, 5) is 0. The monoisotopic (exact) mass is 248 g/mol. The van der Waals surface area contributed by atoms with Gasteiger partial charge < -0.3 is 0 Å². The van der Waals surface area contributed by atoms with Gasteiger partial charge in [-0.1, -0.05) is 91.2 Å². The summed E-state index contributed by atoms with van der Waals surface area (Å²) in [6.45, 7) is 19.4. The van der Waals surface area contributed by atoms with Crippen molar-refractivity contribution in [2.45, 2.75) is 54.4 Å². The molecule has 0 aromatic rings. The summed E-state index contributed by atoms with van der Waals surface area (Å²) in [5, 5.41) is 0. The van der Waals surface area contributed by atoms with Crippen LogP contribution < -0.4 is 0 Å². The van der Waals surface area contributed by atoms with Gasteiger partial charge in [0.05, 0.1) is 0 Å². The van der Waals surface area contributed by atoms with Crippen LogP contribution in [0.2, 0.25) is 0 Å². The van der Waals surface area contributed by atoms with E-state index in [9.17, 15) is 0 Å². The Morgan fingerprint density at radius 1 is 1.00 bits per heavy atom. The Bertz CT molecular complexity index is 262. The summed E-state index contributed by atoms with van der Waals surface area (Å²) in [6, 6.07) is 0. The summed E-state index contributed by atoms with van der Waals surface area (Å²) >= 11 is 0. The molecule has 0 spiro atoms. The van der Waals surface area contributed by atoms with Crippen molar-refractivity contribution in [3.05, 3.63) is 60.8 Å². The van der Waals surface area contributed by atoms with E-state index in [2.05, 4.69) is 31.4 Å². The molecule has 0 nitrogen and oxygen atoms in total. The lowest BCUT2D eigenvalue weighted by Crippen LogP contribution is -1.87. The van der Waals surface area contributed by atoms with E-state index in [-0.39, 0.29) is 0 Å². The van der Waals surface area contributed by atoms with E-state index in [1.54, 1.807) is 6.08 Å². The van der Waals surface area contributed by atoms with Gasteiger partial charge in [-0.05, 0) is 24.0 Å². The summed E-state index contributed by atoms with van der Waals surface area (Å²) in [6.07, 6.45) is 14.5. The van der Waals surface area contributed by atoms with E-state index in [0.717, 1.165) is 18.4 Å². The van der Waals surface area contributed by atoms with E-state index in [4.69, 9.17) is 0 Å². The molecule has 18 heavy (non-hydrogen) atoms. The fraction of sp³-hybridized carbons (Fsp3) is 0.444. The van der Waals surface area contributed by atoms with Crippen LogP contribution in [0.3, 0.4) is 0 Å². The molecule has 0 aromatic carbocycles. The highest BCUT2D eigenvalue weighted by Gasteiger charge is 1.98. The Morgan fingerprint density at radius 3 is 1.89 bits per heavy atom. The van der Waals surface area contributed by atoms with Crippen molar-refractivity contribution < 1.29 is 0 Å². The predicted octanol–water partition coefficient (Wildman–Crippen LogP) is 6.64. The Morgan fingerprint density at radius 2 is 1.56 bits per heavy atom. The van der Waals surface area contributed by atoms with Gasteiger partial charge in [-0.3, -0.25) is 0 Å². The van der Waals surface area contributed by atoms with Crippen molar-refractivity contribution >= 4 is 0 Å². The summed E-state index contributed by atoms with van der Waals surface area (Å²) in [5.41, 5.74) is 2.41. The normalized spacial score (nSPS) is 12.3. The first kappa shape index (κ1) is 21.9. The van der Waals surface area contributed by atoms with Crippen LogP contribution >= 0.6 is 0 Å². The fourth-order valence-corrected chi connectivity index (χ4v) is 1.24. The molecule has 0 atom stereocenters. The largest absolute Gasteiger partial charge is 0.0990 e. The maximum atomic E-state index is 3.76. The van der Waals surface area contributed by atoms with Crippen LogP contribution in [-0.2, 0) is 0 Å². The molecule has 104 valence electrons. The first-order chi connectivity index (χ1) is 8.88. The second-order valence-corrected chi connectivity index (χ2v) is 2.70. The van der Waals surface area contributed by atoms with Gasteiger partial charge in [-0.2, -0.15) is 0 Å². The molecule has 1 aliphatic carbocycles. The minimum atomic E-state index is 1.13. The third kappa shape index (κ3) is 11.2. The highest BCUT2D eigenvalue weighted by Crippen LogP contribution is 2.18. The molecule has 0 heteroatoms. The zero-order chi connectivity index (χ0) is 14.8. The van der Waals surface area contributed by atoms with Gasteiger partial charge in [0.1, 0.15) is 0 Å². The van der Waals surface area contributed by atoms with Crippen LogP contribution in [0.4, 0.5) is 0 Å². The smallest absolute Gasteiger partial charge is 0.0193 e. The molecule has 1 rings (SSSR count). The lowest BCUT2D eigenvalue weighted by molar-refractivity contribution is 1.02. The van der Waals surface area contributed by atoms with Crippen LogP contribution in [0.1, 0.15) is 54.4 Å². The highest BCUT2D eigenvalue weighted by atomic mass is 14.0. The quantitative estimate of drug-likeness (QED) is 0.491. The van der Waals surface area contributed by atoms with Gasteiger partial charge in [-0.25, -0.2) is 0 Å². The SMILES string of the molecule is C=C/C=C(\C=C)C1=CCCC=C1.CC.CC.CC. The predicted molar refractivity (Wildman–Crippen MR) is 89.0 cm³/mol. The minimum Gasteiger partial charge on any atom is -0.0990 e.